The lowest BCUT2D eigenvalue weighted by Crippen LogP contribution is -2.41. The number of halogens is 2. The van der Waals surface area contributed by atoms with Gasteiger partial charge in [-0.3, -0.25) is 4.90 Å². The molecule has 0 unspecified atom stereocenters. The minimum Gasteiger partial charge on any atom is -0.508 e. The summed E-state index contributed by atoms with van der Waals surface area (Å²) in [6.45, 7) is 1.43. The molecule has 0 aliphatic heterocycles. The molecule has 3 N–H and O–H groups in total. The van der Waals surface area contributed by atoms with Crippen molar-refractivity contribution in [3.05, 3.63) is 101 Å². The molecule has 0 saturated heterocycles. The number of phenols is 1. The van der Waals surface area contributed by atoms with Crippen LogP contribution in [0.5, 0.6) is 5.75 Å². The molecular formula is C30H35F2NO3. The number of nitrogens with zero attached hydrogens (tertiary/aromatic N) is 1. The number of rotatable bonds is 11. The maximum Gasteiger partial charge on any atom is 0.123 e. The van der Waals surface area contributed by atoms with Crippen LogP contribution < -0.4 is 0 Å². The molecule has 1 aliphatic carbocycles. The number of phenolic OH excluding ortho intramolecular Hbond substituents is 1. The van der Waals surface area contributed by atoms with Crippen LogP contribution in [0.2, 0.25) is 0 Å². The fourth-order valence-corrected chi connectivity index (χ4v) is 5.21. The molecule has 3 aromatic carbocycles. The average Bonchev–Trinajstić information content (AvgIpc) is 2.86. The highest BCUT2D eigenvalue weighted by atomic mass is 19.1. The molecule has 4 nitrogen and oxygen atoms in total. The van der Waals surface area contributed by atoms with E-state index in [1.807, 2.05) is 36.4 Å². The highest BCUT2D eigenvalue weighted by Crippen LogP contribution is 2.29. The molecule has 0 aromatic heterocycles. The number of aryl methyl sites for hydroxylation is 2. The van der Waals surface area contributed by atoms with Crippen LogP contribution in [0.25, 0.3) is 0 Å². The second-order valence-corrected chi connectivity index (χ2v) is 9.98. The number of aliphatic hydroxyl groups is 2. The summed E-state index contributed by atoms with van der Waals surface area (Å²) in [5.74, 6) is -0.462. The molecule has 3 aromatic rings. The van der Waals surface area contributed by atoms with E-state index in [4.69, 9.17) is 0 Å². The molecule has 0 heterocycles. The summed E-state index contributed by atoms with van der Waals surface area (Å²) in [6, 6.07) is 18.8. The predicted molar refractivity (Wildman–Crippen MR) is 137 cm³/mol. The first kappa shape index (κ1) is 26.3. The number of aliphatic hydroxyl groups excluding tert-OH is 2. The highest BCUT2D eigenvalue weighted by Gasteiger charge is 2.27. The maximum atomic E-state index is 13.6. The monoisotopic (exact) mass is 495 g/mol. The molecule has 0 bridgehead atoms. The van der Waals surface area contributed by atoms with Crippen LogP contribution in [-0.2, 0) is 25.8 Å². The third kappa shape index (κ3) is 7.36. The zero-order valence-electron chi connectivity index (χ0n) is 20.5. The van der Waals surface area contributed by atoms with E-state index in [1.54, 1.807) is 6.07 Å². The van der Waals surface area contributed by atoms with Gasteiger partial charge in [0.05, 0.1) is 12.2 Å². The van der Waals surface area contributed by atoms with Gasteiger partial charge in [-0.25, -0.2) is 8.78 Å². The summed E-state index contributed by atoms with van der Waals surface area (Å²) in [6.07, 6.45) is 2.67. The lowest BCUT2D eigenvalue weighted by Gasteiger charge is -2.33. The third-order valence-corrected chi connectivity index (χ3v) is 7.17. The molecule has 0 fully saturated rings. The molecule has 4 rings (SSSR count). The largest absolute Gasteiger partial charge is 0.508 e. The summed E-state index contributed by atoms with van der Waals surface area (Å²) in [5, 5.41) is 31.8. The second kappa shape index (κ2) is 12.4. The van der Waals surface area contributed by atoms with Crippen LogP contribution in [0.15, 0.2) is 66.7 Å². The van der Waals surface area contributed by atoms with Crippen LogP contribution in [0.1, 0.15) is 41.5 Å². The van der Waals surface area contributed by atoms with Gasteiger partial charge in [0.2, 0.25) is 0 Å². The molecule has 6 heteroatoms. The number of hydrogen-bond acceptors (Lipinski definition) is 4. The van der Waals surface area contributed by atoms with Crippen LogP contribution in [0.4, 0.5) is 8.78 Å². The SMILES string of the molecule is Oc1ccc(F)cc1CCC[C@@H](O)CN(Cc1ccccc1)C[C@H](O)[C@H]1CCc2cc(F)ccc2C1. The van der Waals surface area contributed by atoms with Crippen LogP contribution in [-0.4, -0.2) is 45.5 Å². The molecule has 36 heavy (non-hydrogen) atoms. The van der Waals surface area contributed by atoms with E-state index in [0.29, 0.717) is 44.5 Å². The molecule has 0 saturated carbocycles. The number of aromatic hydroxyl groups is 1. The Bertz CT molecular complexity index is 1120. The molecule has 0 spiro atoms. The Hall–Kier alpha value is -2.80. The van der Waals surface area contributed by atoms with E-state index in [2.05, 4.69) is 4.90 Å². The quantitative estimate of drug-likeness (QED) is 0.350. The van der Waals surface area contributed by atoms with Crippen molar-refractivity contribution in [1.29, 1.82) is 0 Å². The Kier molecular flexibility index (Phi) is 9.08. The van der Waals surface area contributed by atoms with E-state index in [1.165, 1.54) is 24.3 Å². The Morgan fingerprint density at radius 3 is 2.44 bits per heavy atom. The van der Waals surface area contributed by atoms with Crippen LogP contribution in [0.3, 0.4) is 0 Å². The van der Waals surface area contributed by atoms with Crippen molar-refractivity contribution in [1.82, 2.24) is 4.90 Å². The first-order chi connectivity index (χ1) is 17.4. The Labute approximate surface area is 211 Å². The Morgan fingerprint density at radius 2 is 1.64 bits per heavy atom. The van der Waals surface area contributed by atoms with Gasteiger partial charge in [-0.2, -0.15) is 0 Å². The summed E-state index contributed by atoms with van der Waals surface area (Å²) in [7, 11) is 0. The number of hydrogen-bond donors (Lipinski definition) is 3. The summed E-state index contributed by atoms with van der Waals surface area (Å²) in [4.78, 5) is 2.09. The highest BCUT2D eigenvalue weighted by molar-refractivity contribution is 5.32. The van der Waals surface area contributed by atoms with Gasteiger partial charge in [0.25, 0.3) is 0 Å². The molecule has 192 valence electrons. The normalized spacial score (nSPS) is 17.1. The van der Waals surface area contributed by atoms with Gasteiger partial charge in [-0.15, -0.1) is 0 Å². The molecule has 3 atom stereocenters. The fourth-order valence-electron chi connectivity index (χ4n) is 5.21. The first-order valence-corrected chi connectivity index (χ1v) is 12.7. The Balaban J connectivity index is 1.35. The molecule has 1 aliphatic rings. The van der Waals surface area contributed by atoms with Gasteiger partial charge in [0, 0.05) is 19.6 Å². The smallest absolute Gasteiger partial charge is 0.123 e. The molecule has 0 amide bonds. The lowest BCUT2D eigenvalue weighted by atomic mass is 9.81. The van der Waals surface area contributed by atoms with Crippen molar-refractivity contribution in [2.45, 2.75) is 57.3 Å². The minimum absolute atomic E-state index is 0.0662. The van der Waals surface area contributed by atoms with Gasteiger partial charge in [0.1, 0.15) is 17.4 Å². The number of benzene rings is 3. The summed E-state index contributed by atoms with van der Waals surface area (Å²) in [5.41, 5.74) is 3.77. The second-order valence-electron chi connectivity index (χ2n) is 9.98. The van der Waals surface area contributed by atoms with Crippen molar-refractivity contribution >= 4 is 0 Å². The van der Waals surface area contributed by atoms with Crippen molar-refractivity contribution in [2.75, 3.05) is 13.1 Å². The first-order valence-electron chi connectivity index (χ1n) is 12.7. The van der Waals surface area contributed by atoms with Crippen LogP contribution >= 0.6 is 0 Å². The summed E-state index contributed by atoms with van der Waals surface area (Å²) >= 11 is 0. The van der Waals surface area contributed by atoms with E-state index in [9.17, 15) is 24.1 Å². The van der Waals surface area contributed by atoms with Crippen LogP contribution in [0, 0.1) is 17.6 Å². The summed E-state index contributed by atoms with van der Waals surface area (Å²) < 4.78 is 27.0. The molecule has 0 radical (unpaired) electrons. The molecular weight excluding hydrogens is 460 g/mol. The predicted octanol–water partition coefficient (Wildman–Crippen LogP) is 5.02. The van der Waals surface area contributed by atoms with E-state index in [-0.39, 0.29) is 23.3 Å². The van der Waals surface area contributed by atoms with Gasteiger partial charge in [-0.05, 0) is 97.0 Å². The van der Waals surface area contributed by atoms with Gasteiger partial charge >= 0.3 is 0 Å². The minimum atomic E-state index is -0.619. The zero-order valence-corrected chi connectivity index (χ0v) is 20.5. The lowest BCUT2D eigenvalue weighted by molar-refractivity contribution is 0.0313. The Morgan fingerprint density at radius 1 is 0.889 bits per heavy atom. The number of fused-ring (bicyclic) bond motifs is 1. The van der Waals surface area contributed by atoms with Crippen molar-refractivity contribution in [3.8, 4) is 5.75 Å². The zero-order chi connectivity index (χ0) is 25.5. The fraction of sp³-hybridized carbons (Fsp3) is 0.400. The van der Waals surface area contributed by atoms with E-state index < -0.39 is 12.2 Å². The maximum absolute atomic E-state index is 13.6. The van der Waals surface area contributed by atoms with Gasteiger partial charge < -0.3 is 15.3 Å². The topological polar surface area (TPSA) is 63.9 Å². The van der Waals surface area contributed by atoms with Crippen molar-refractivity contribution in [2.24, 2.45) is 5.92 Å². The van der Waals surface area contributed by atoms with E-state index >= 15 is 0 Å². The van der Waals surface area contributed by atoms with Gasteiger partial charge in [-0.1, -0.05) is 36.4 Å². The van der Waals surface area contributed by atoms with E-state index in [0.717, 1.165) is 36.0 Å². The average molecular weight is 496 g/mol. The third-order valence-electron chi connectivity index (χ3n) is 7.17. The van der Waals surface area contributed by atoms with Gasteiger partial charge in [0.15, 0.2) is 0 Å². The van der Waals surface area contributed by atoms with Crippen molar-refractivity contribution in [3.63, 3.8) is 0 Å². The standard InChI is InChI=1S/C30H35F2NO3/c31-26-12-11-22-15-25(10-9-23(22)16-26)30(36)20-33(18-21-5-2-1-3-6-21)19-28(34)8-4-7-24-17-27(32)13-14-29(24)35/h1-3,5-6,11-14,16-17,25,28,30,34-36H,4,7-10,15,18-20H2/t25-,28+,30-/m0/s1. The van der Waals surface area contributed by atoms with Crippen molar-refractivity contribution < 1.29 is 24.1 Å².